The van der Waals surface area contributed by atoms with E-state index in [1.807, 2.05) is 30.5 Å². The molecule has 1 atom stereocenters. The Morgan fingerprint density at radius 1 is 1.44 bits per heavy atom. The van der Waals surface area contributed by atoms with Crippen molar-refractivity contribution >= 4 is 33.6 Å². The predicted octanol–water partition coefficient (Wildman–Crippen LogP) is 2.22. The minimum atomic E-state index is -0.852. The summed E-state index contributed by atoms with van der Waals surface area (Å²) in [5.74, 6) is 0.532. The molecule has 0 aliphatic carbocycles. The highest BCUT2D eigenvalue weighted by Crippen LogP contribution is 2.11. The van der Waals surface area contributed by atoms with Crippen LogP contribution in [0.3, 0.4) is 0 Å². The van der Waals surface area contributed by atoms with Crippen LogP contribution in [0.2, 0.25) is 0 Å². The van der Waals surface area contributed by atoms with Gasteiger partial charge in [0.25, 0.3) is 0 Å². The Morgan fingerprint density at radius 2 is 2.06 bits per heavy atom. The van der Waals surface area contributed by atoms with Crippen molar-refractivity contribution < 1.29 is 9.90 Å². The van der Waals surface area contributed by atoms with Crippen LogP contribution in [0.15, 0.2) is 28.7 Å². The molecule has 1 amide bonds. The lowest BCUT2D eigenvalue weighted by molar-refractivity contribution is -0.121. The molecule has 1 rings (SSSR count). The average molecular weight is 332 g/mol. The molecule has 2 N–H and O–H groups in total. The Kier molecular flexibility index (Phi) is 6.18. The summed E-state index contributed by atoms with van der Waals surface area (Å²) in [4.78, 5) is 11.7. The molecule has 100 valence electrons. The number of amides is 1. The van der Waals surface area contributed by atoms with E-state index < -0.39 is 5.60 Å². The fourth-order valence-electron chi connectivity index (χ4n) is 1.50. The van der Waals surface area contributed by atoms with Gasteiger partial charge in [-0.1, -0.05) is 28.1 Å². The molecule has 0 saturated carbocycles. The van der Waals surface area contributed by atoms with Crippen LogP contribution in [0.1, 0.15) is 12.5 Å². The highest BCUT2D eigenvalue weighted by atomic mass is 79.9. The van der Waals surface area contributed by atoms with E-state index >= 15 is 0 Å². The van der Waals surface area contributed by atoms with Crippen molar-refractivity contribution in [2.24, 2.45) is 0 Å². The van der Waals surface area contributed by atoms with Gasteiger partial charge in [0.15, 0.2) is 0 Å². The maximum absolute atomic E-state index is 11.7. The van der Waals surface area contributed by atoms with Gasteiger partial charge in [0.1, 0.15) is 0 Å². The fourth-order valence-corrected chi connectivity index (χ4v) is 2.49. The summed E-state index contributed by atoms with van der Waals surface area (Å²) in [7, 11) is 0. The third kappa shape index (κ3) is 5.89. The molecule has 3 nitrogen and oxygen atoms in total. The first-order valence-corrected chi connectivity index (χ1v) is 7.84. The van der Waals surface area contributed by atoms with Crippen LogP contribution < -0.4 is 5.32 Å². The van der Waals surface area contributed by atoms with Gasteiger partial charge in [-0.3, -0.25) is 4.79 Å². The topological polar surface area (TPSA) is 49.3 Å². The number of carbonyl (C=O) groups excluding carboxylic acids is 1. The molecule has 0 aliphatic rings. The molecule has 0 aromatic heterocycles. The second-order valence-electron chi connectivity index (χ2n) is 4.51. The summed E-state index contributed by atoms with van der Waals surface area (Å²) in [5.41, 5.74) is 0.106. The molecular formula is C13H18BrNO2S. The first-order chi connectivity index (χ1) is 8.43. The minimum absolute atomic E-state index is 0.0706. The average Bonchev–Trinajstić information content (AvgIpc) is 2.30. The van der Waals surface area contributed by atoms with Crippen molar-refractivity contribution in [2.45, 2.75) is 18.9 Å². The van der Waals surface area contributed by atoms with Crippen molar-refractivity contribution in [1.29, 1.82) is 0 Å². The van der Waals surface area contributed by atoms with Gasteiger partial charge in [-0.25, -0.2) is 0 Å². The molecular weight excluding hydrogens is 314 g/mol. The summed E-state index contributed by atoms with van der Waals surface area (Å²) in [6.07, 6.45) is 2.26. The molecule has 1 aromatic rings. The molecule has 1 unspecified atom stereocenters. The number of aliphatic hydroxyl groups is 1. The zero-order valence-electron chi connectivity index (χ0n) is 10.6. The Bertz CT molecular complexity index is 392. The second-order valence-corrected chi connectivity index (χ2v) is 6.29. The lowest BCUT2D eigenvalue weighted by atomic mass is 10.1. The molecule has 0 saturated heterocycles. The number of halogens is 1. The number of nitrogens with one attached hydrogen (secondary N) is 1. The Hall–Kier alpha value is -0.520. The summed E-state index contributed by atoms with van der Waals surface area (Å²) in [6, 6.07) is 7.63. The summed E-state index contributed by atoms with van der Waals surface area (Å²) < 4.78 is 0.995. The van der Waals surface area contributed by atoms with Crippen LogP contribution in [0.5, 0.6) is 0 Å². The van der Waals surface area contributed by atoms with Crippen LogP contribution in [0.25, 0.3) is 0 Å². The van der Waals surface area contributed by atoms with Crippen LogP contribution in [-0.2, 0) is 11.2 Å². The fraction of sp³-hybridized carbons (Fsp3) is 0.462. The van der Waals surface area contributed by atoms with E-state index in [0.717, 1.165) is 10.0 Å². The monoisotopic (exact) mass is 331 g/mol. The molecule has 18 heavy (non-hydrogen) atoms. The largest absolute Gasteiger partial charge is 0.387 e. The van der Waals surface area contributed by atoms with Crippen molar-refractivity contribution in [3.63, 3.8) is 0 Å². The van der Waals surface area contributed by atoms with Crippen molar-refractivity contribution in [3.8, 4) is 0 Å². The van der Waals surface area contributed by atoms with E-state index in [4.69, 9.17) is 0 Å². The van der Waals surface area contributed by atoms with Gasteiger partial charge in [0.2, 0.25) is 5.91 Å². The predicted molar refractivity (Wildman–Crippen MR) is 79.9 cm³/mol. The van der Waals surface area contributed by atoms with Gasteiger partial charge in [0, 0.05) is 16.8 Å². The molecule has 0 heterocycles. The van der Waals surface area contributed by atoms with Crippen molar-refractivity contribution in [3.05, 3.63) is 34.3 Å². The molecule has 0 bridgehead atoms. The SMILES string of the molecule is CSCC(C)(O)CNC(=O)Cc1ccc(Br)cc1. The molecule has 0 fully saturated rings. The van der Waals surface area contributed by atoms with Crippen LogP contribution in [-0.4, -0.2) is 35.2 Å². The van der Waals surface area contributed by atoms with E-state index in [1.54, 1.807) is 18.7 Å². The standard InChI is InChI=1S/C13H18BrNO2S/c1-13(17,9-18-2)8-15-12(16)7-10-3-5-11(14)6-4-10/h3-6,17H,7-9H2,1-2H3,(H,15,16). The van der Waals surface area contributed by atoms with Crippen LogP contribution >= 0.6 is 27.7 Å². The summed E-state index contributed by atoms with van der Waals surface area (Å²) in [5, 5.41) is 12.7. The normalized spacial score (nSPS) is 14.0. The number of carbonyl (C=O) groups is 1. The third-order valence-electron chi connectivity index (χ3n) is 2.40. The van der Waals surface area contributed by atoms with E-state index in [9.17, 15) is 9.90 Å². The van der Waals surface area contributed by atoms with E-state index in [1.165, 1.54) is 0 Å². The number of hydrogen-bond acceptors (Lipinski definition) is 3. The number of rotatable bonds is 6. The maximum Gasteiger partial charge on any atom is 0.224 e. The maximum atomic E-state index is 11.7. The summed E-state index contributed by atoms with van der Waals surface area (Å²) in [6.45, 7) is 2.01. The van der Waals surface area contributed by atoms with E-state index in [2.05, 4.69) is 21.2 Å². The van der Waals surface area contributed by atoms with Crippen molar-refractivity contribution in [1.82, 2.24) is 5.32 Å². The summed E-state index contributed by atoms with van der Waals surface area (Å²) >= 11 is 4.91. The van der Waals surface area contributed by atoms with Gasteiger partial charge >= 0.3 is 0 Å². The Labute approximate surface area is 120 Å². The zero-order chi connectivity index (χ0) is 13.6. The number of benzene rings is 1. The highest BCUT2D eigenvalue weighted by Gasteiger charge is 2.20. The lowest BCUT2D eigenvalue weighted by Gasteiger charge is -2.22. The number of thioether (sulfide) groups is 1. The Morgan fingerprint density at radius 3 is 2.61 bits per heavy atom. The van der Waals surface area contributed by atoms with E-state index in [0.29, 0.717) is 12.2 Å². The highest BCUT2D eigenvalue weighted by molar-refractivity contribution is 9.10. The van der Waals surface area contributed by atoms with Crippen LogP contribution in [0.4, 0.5) is 0 Å². The van der Waals surface area contributed by atoms with Gasteiger partial charge < -0.3 is 10.4 Å². The Balaban J connectivity index is 2.40. The van der Waals surface area contributed by atoms with Crippen LogP contribution in [0, 0.1) is 0 Å². The molecule has 0 spiro atoms. The zero-order valence-corrected chi connectivity index (χ0v) is 13.0. The molecule has 0 radical (unpaired) electrons. The van der Waals surface area contributed by atoms with Gasteiger partial charge in [0.05, 0.1) is 12.0 Å². The first-order valence-electron chi connectivity index (χ1n) is 5.65. The van der Waals surface area contributed by atoms with Gasteiger partial charge in [-0.2, -0.15) is 11.8 Å². The van der Waals surface area contributed by atoms with E-state index in [-0.39, 0.29) is 12.5 Å². The smallest absolute Gasteiger partial charge is 0.224 e. The quantitative estimate of drug-likeness (QED) is 0.840. The third-order valence-corrected chi connectivity index (χ3v) is 3.84. The van der Waals surface area contributed by atoms with Gasteiger partial charge in [-0.05, 0) is 30.9 Å². The molecule has 5 heteroatoms. The first kappa shape index (κ1) is 15.5. The second kappa shape index (κ2) is 7.16. The minimum Gasteiger partial charge on any atom is -0.387 e. The lowest BCUT2D eigenvalue weighted by Crippen LogP contribution is -2.42. The molecule has 1 aromatic carbocycles. The molecule has 0 aliphatic heterocycles. The number of hydrogen-bond donors (Lipinski definition) is 2. The van der Waals surface area contributed by atoms with Gasteiger partial charge in [-0.15, -0.1) is 0 Å². The van der Waals surface area contributed by atoms with Crippen molar-refractivity contribution in [2.75, 3.05) is 18.6 Å².